The number of aliphatic hydroxyl groups is 1. The average molecular weight is 573 g/mol. The first kappa shape index (κ1) is 29.4. The van der Waals surface area contributed by atoms with E-state index >= 15 is 0 Å². The van der Waals surface area contributed by atoms with Crippen molar-refractivity contribution in [2.75, 3.05) is 5.32 Å². The Morgan fingerprint density at radius 1 is 0.905 bits per heavy atom. The molecule has 1 aliphatic heterocycles. The predicted octanol–water partition coefficient (Wildman–Crippen LogP) is 5.17. The Labute approximate surface area is 244 Å². The number of aliphatic hydroxyl groups excluding tert-OH is 1. The Hall–Kier alpha value is -4.09. The second-order valence-electron chi connectivity index (χ2n) is 10.5. The molecule has 3 aromatic carbocycles. The van der Waals surface area contributed by atoms with E-state index in [1.165, 1.54) is 0 Å². The van der Waals surface area contributed by atoms with Gasteiger partial charge in [0.25, 0.3) is 0 Å². The first-order chi connectivity index (χ1) is 20.5. The number of carbonyl (C=O) groups excluding carboxylic acids is 2. The predicted molar refractivity (Wildman–Crippen MR) is 156 cm³/mol. The third-order valence-corrected chi connectivity index (χ3v) is 7.42. The highest BCUT2D eigenvalue weighted by Crippen LogP contribution is 2.39. The Balaban J connectivity index is 1.28. The number of carbonyl (C=O) groups is 2. The van der Waals surface area contributed by atoms with E-state index in [4.69, 9.17) is 14.7 Å². The van der Waals surface area contributed by atoms with Crippen LogP contribution in [-0.4, -0.2) is 37.8 Å². The van der Waals surface area contributed by atoms with Gasteiger partial charge in [-0.3, -0.25) is 14.8 Å². The Bertz CT molecular complexity index is 1490. The van der Waals surface area contributed by atoms with Crippen LogP contribution in [0.5, 0.6) is 0 Å². The maximum atomic E-state index is 12.6. The highest BCUT2D eigenvalue weighted by Gasteiger charge is 2.32. The molecule has 10 heteroatoms. The number of unbranched alkanes of at least 4 members (excludes halogenated alkanes) is 2. The van der Waals surface area contributed by atoms with Crippen LogP contribution in [0, 0.1) is 0 Å². The first-order valence-corrected chi connectivity index (χ1v) is 14.3. The lowest BCUT2D eigenvalue weighted by molar-refractivity contribution is -0.252. The summed E-state index contributed by atoms with van der Waals surface area (Å²) in [5.74, 6) is -0.538. The standard InChI is InChI=1S/C32H36N4O6/c37-20-22-13-15-23(16-14-22)29-18-26(19-36-21-33-27-9-4-5-10-28(27)36)41-32(42-29)24-7-6-8-25(17-24)34-30(38)11-2-1-3-12-31(39)35-40/h4-10,13-17,21,26,29,32,37,40H,1-3,11-12,18-20H2,(H,34,38)(H,35,39). The molecule has 0 spiro atoms. The minimum Gasteiger partial charge on any atom is -0.392 e. The number of imidazole rings is 1. The number of nitrogens with zero attached hydrogens (tertiary/aromatic N) is 2. The number of fused-ring (bicyclic) bond motifs is 1. The molecule has 3 unspecified atom stereocenters. The fourth-order valence-corrected chi connectivity index (χ4v) is 5.20. The van der Waals surface area contributed by atoms with Crippen LogP contribution in [0.3, 0.4) is 0 Å². The molecule has 4 aromatic rings. The number of ether oxygens (including phenoxy) is 2. The molecule has 42 heavy (non-hydrogen) atoms. The summed E-state index contributed by atoms with van der Waals surface area (Å²) in [5, 5.41) is 21.0. The smallest absolute Gasteiger partial charge is 0.243 e. The van der Waals surface area contributed by atoms with Crippen LogP contribution in [-0.2, 0) is 32.2 Å². The first-order valence-electron chi connectivity index (χ1n) is 14.3. The number of amides is 2. The van der Waals surface area contributed by atoms with Crippen molar-refractivity contribution < 1.29 is 29.4 Å². The number of hydroxylamine groups is 1. The minimum atomic E-state index is -0.657. The molecule has 2 amide bonds. The second kappa shape index (κ2) is 14.2. The van der Waals surface area contributed by atoms with Crippen LogP contribution in [0.2, 0.25) is 0 Å². The summed E-state index contributed by atoms with van der Waals surface area (Å²) >= 11 is 0. The van der Waals surface area contributed by atoms with Gasteiger partial charge >= 0.3 is 0 Å². The zero-order valence-corrected chi connectivity index (χ0v) is 23.3. The number of aromatic nitrogens is 2. The molecule has 1 fully saturated rings. The summed E-state index contributed by atoms with van der Waals surface area (Å²) in [7, 11) is 0. The lowest BCUT2D eigenvalue weighted by Gasteiger charge is -2.36. The van der Waals surface area contributed by atoms with Crippen LogP contribution in [0.25, 0.3) is 11.0 Å². The van der Waals surface area contributed by atoms with Crippen molar-refractivity contribution in [3.05, 3.63) is 95.8 Å². The number of para-hydroxylation sites is 2. The molecule has 10 nitrogen and oxygen atoms in total. The monoisotopic (exact) mass is 572 g/mol. The van der Waals surface area contributed by atoms with Crippen molar-refractivity contribution in [2.24, 2.45) is 0 Å². The Morgan fingerprint density at radius 3 is 2.48 bits per heavy atom. The van der Waals surface area contributed by atoms with E-state index in [0.717, 1.165) is 27.7 Å². The van der Waals surface area contributed by atoms with Crippen molar-refractivity contribution in [3.63, 3.8) is 0 Å². The number of anilines is 1. The summed E-state index contributed by atoms with van der Waals surface area (Å²) in [6.07, 6.45) is 3.91. The molecule has 1 saturated heterocycles. The van der Waals surface area contributed by atoms with E-state index < -0.39 is 12.2 Å². The summed E-state index contributed by atoms with van der Waals surface area (Å²) in [4.78, 5) is 28.2. The fraction of sp³-hybridized carbons (Fsp3) is 0.344. The Kier molecular flexibility index (Phi) is 9.94. The van der Waals surface area contributed by atoms with Gasteiger partial charge in [0.2, 0.25) is 11.8 Å². The fourth-order valence-electron chi connectivity index (χ4n) is 5.20. The van der Waals surface area contributed by atoms with E-state index in [1.807, 2.05) is 79.1 Å². The Morgan fingerprint density at radius 2 is 1.69 bits per heavy atom. The van der Waals surface area contributed by atoms with E-state index in [0.29, 0.717) is 44.3 Å². The summed E-state index contributed by atoms with van der Waals surface area (Å²) in [6.45, 7) is 0.579. The van der Waals surface area contributed by atoms with Gasteiger partial charge in [0.1, 0.15) is 0 Å². The maximum Gasteiger partial charge on any atom is 0.243 e. The van der Waals surface area contributed by atoms with E-state index in [1.54, 1.807) is 5.48 Å². The maximum absolute atomic E-state index is 12.6. The van der Waals surface area contributed by atoms with E-state index in [2.05, 4.69) is 14.9 Å². The molecule has 4 N–H and O–H groups in total. The molecule has 0 saturated carbocycles. The third-order valence-electron chi connectivity index (χ3n) is 7.42. The van der Waals surface area contributed by atoms with Crippen LogP contribution >= 0.6 is 0 Å². The molecular weight excluding hydrogens is 536 g/mol. The highest BCUT2D eigenvalue weighted by atomic mass is 16.7. The van der Waals surface area contributed by atoms with Crippen LogP contribution in [0.15, 0.2) is 79.1 Å². The van der Waals surface area contributed by atoms with Crippen LogP contribution < -0.4 is 10.8 Å². The number of hydrogen-bond donors (Lipinski definition) is 4. The van der Waals surface area contributed by atoms with E-state index in [9.17, 15) is 14.7 Å². The number of rotatable bonds is 12. The van der Waals surface area contributed by atoms with Gasteiger partial charge in [-0.1, -0.05) is 55.0 Å². The number of benzene rings is 3. The van der Waals surface area contributed by atoms with Gasteiger partial charge in [-0.15, -0.1) is 0 Å². The zero-order chi connectivity index (χ0) is 29.3. The molecule has 0 aliphatic carbocycles. The number of nitrogens with one attached hydrogen (secondary N) is 2. The summed E-state index contributed by atoms with van der Waals surface area (Å²) < 4.78 is 15.1. The van der Waals surface area contributed by atoms with Gasteiger partial charge in [-0.2, -0.15) is 0 Å². The topological polar surface area (TPSA) is 135 Å². The molecule has 220 valence electrons. The van der Waals surface area contributed by atoms with Crippen LogP contribution in [0.4, 0.5) is 5.69 Å². The van der Waals surface area contributed by atoms with Gasteiger partial charge in [0.05, 0.1) is 42.7 Å². The molecule has 1 aromatic heterocycles. The van der Waals surface area contributed by atoms with Gasteiger partial charge in [0, 0.05) is 30.5 Å². The van der Waals surface area contributed by atoms with Gasteiger partial charge < -0.3 is 24.5 Å². The van der Waals surface area contributed by atoms with Crippen molar-refractivity contribution in [1.82, 2.24) is 15.0 Å². The van der Waals surface area contributed by atoms with Crippen molar-refractivity contribution >= 4 is 28.5 Å². The van der Waals surface area contributed by atoms with Crippen molar-refractivity contribution in [3.8, 4) is 0 Å². The minimum absolute atomic E-state index is 0.0206. The molecule has 1 aliphatic rings. The molecule has 2 heterocycles. The lowest BCUT2D eigenvalue weighted by Crippen LogP contribution is -2.32. The molecule has 5 rings (SSSR count). The zero-order valence-electron chi connectivity index (χ0n) is 23.3. The van der Waals surface area contributed by atoms with Gasteiger partial charge in [-0.05, 0) is 48.2 Å². The third kappa shape index (κ3) is 7.59. The molecule has 0 radical (unpaired) electrons. The average Bonchev–Trinajstić information content (AvgIpc) is 3.43. The molecular formula is C32H36N4O6. The van der Waals surface area contributed by atoms with Crippen LogP contribution in [0.1, 0.15) is 67.6 Å². The highest BCUT2D eigenvalue weighted by molar-refractivity contribution is 5.90. The normalized spacial score (nSPS) is 18.6. The van der Waals surface area contributed by atoms with E-state index in [-0.39, 0.29) is 31.1 Å². The summed E-state index contributed by atoms with van der Waals surface area (Å²) in [5.41, 5.74) is 6.86. The quantitative estimate of drug-likeness (QED) is 0.105. The van der Waals surface area contributed by atoms with Gasteiger partial charge in [0.15, 0.2) is 6.29 Å². The second-order valence-corrected chi connectivity index (χ2v) is 10.5. The number of hydrogen-bond acceptors (Lipinski definition) is 7. The lowest BCUT2D eigenvalue weighted by atomic mass is 10.00. The summed E-state index contributed by atoms with van der Waals surface area (Å²) in [6, 6.07) is 23.2. The van der Waals surface area contributed by atoms with Crippen molar-refractivity contribution in [1.29, 1.82) is 0 Å². The molecule has 0 bridgehead atoms. The van der Waals surface area contributed by atoms with Crippen molar-refractivity contribution in [2.45, 2.75) is 70.2 Å². The van der Waals surface area contributed by atoms with Gasteiger partial charge in [-0.25, -0.2) is 10.5 Å². The largest absolute Gasteiger partial charge is 0.392 e. The molecule has 3 atom stereocenters. The SMILES string of the molecule is O=C(CCCCCC(=O)Nc1cccc(C2OC(Cn3cnc4ccccc43)CC(c3ccc(CO)cc3)O2)c1)NO.